The molecular formula is C14H21N3O. The van der Waals surface area contributed by atoms with E-state index in [4.69, 9.17) is 0 Å². The van der Waals surface area contributed by atoms with Crippen LogP contribution in [0.5, 0.6) is 0 Å². The van der Waals surface area contributed by atoms with E-state index in [1.165, 1.54) is 6.42 Å². The number of nitrogens with one attached hydrogen (secondary N) is 3. The second-order valence-electron chi connectivity index (χ2n) is 4.74. The van der Waals surface area contributed by atoms with E-state index in [2.05, 4.69) is 16.0 Å². The summed E-state index contributed by atoms with van der Waals surface area (Å²) in [6.45, 7) is 3.54. The van der Waals surface area contributed by atoms with Crippen molar-refractivity contribution in [1.29, 1.82) is 0 Å². The first kappa shape index (κ1) is 12.9. The summed E-state index contributed by atoms with van der Waals surface area (Å²) in [7, 11) is 0. The largest absolute Gasteiger partial charge is 0.338 e. The first-order valence-corrected chi connectivity index (χ1v) is 6.61. The number of hydrogen-bond donors (Lipinski definition) is 3. The minimum Gasteiger partial charge on any atom is -0.338 e. The molecule has 0 spiro atoms. The lowest BCUT2D eigenvalue weighted by molar-refractivity contribution is 0.240. The number of carbonyl (C=O) groups excluding carboxylic acids is 1. The van der Waals surface area contributed by atoms with Crippen LogP contribution < -0.4 is 16.0 Å². The topological polar surface area (TPSA) is 53.2 Å². The van der Waals surface area contributed by atoms with E-state index < -0.39 is 0 Å². The maximum absolute atomic E-state index is 11.6. The van der Waals surface area contributed by atoms with Crippen LogP contribution in [0.1, 0.15) is 18.4 Å². The smallest absolute Gasteiger partial charge is 0.315 e. The van der Waals surface area contributed by atoms with Gasteiger partial charge in [0.2, 0.25) is 0 Å². The molecule has 2 rings (SSSR count). The molecule has 1 fully saturated rings. The lowest BCUT2D eigenvalue weighted by Gasteiger charge is -2.10. The Hall–Kier alpha value is -1.55. The summed E-state index contributed by atoms with van der Waals surface area (Å²) >= 11 is 0. The van der Waals surface area contributed by atoms with E-state index in [1.807, 2.05) is 30.3 Å². The van der Waals surface area contributed by atoms with Gasteiger partial charge in [-0.25, -0.2) is 4.79 Å². The summed E-state index contributed by atoms with van der Waals surface area (Å²) in [4.78, 5) is 11.6. The van der Waals surface area contributed by atoms with Gasteiger partial charge in [-0.1, -0.05) is 30.3 Å². The zero-order chi connectivity index (χ0) is 12.6. The zero-order valence-electron chi connectivity index (χ0n) is 10.6. The van der Waals surface area contributed by atoms with Crippen molar-refractivity contribution in [2.75, 3.05) is 19.6 Å². The van der Waals surface area contributed by atoms with Gasteiger partial charge in [-0.15, -0.1) is 0 Å². The van der Waals surface area contributed by atoms with Gasteiger partial charge in [0, 0.05) is 13.1 Å². The Morgan fingerprint density at radius 2 is 2.11 bits per heavy atom. The minimum absolute atomic E-state index is 0.0789. The standard InChI is InChI=1S/C14H21N3O/c18-14(16-9-7-13-6-8-15-10-13)17-11-12-4-2-1-3-5-12/h1-5,13,15H,6-11H2,(H2,16,17,18). The van der Waals surface area contributed by atoms with Gasteiger partial charge in [0.1, 0.15) is 0 Å². The molecule has 1 saturated heterocycles. The van der Waals surface area contributed by atoms with Gasteiger partial charge in [-0.3, -0.25) is 0 Å². The number of amides is 2. The summed E-state index contributed by atoms with van der Waals surface area (Å²) in [6.07, 6.45) is 2.29. The first-order chi connectivity index (χ1) is 8.84. The van der Waals surface area contributed by atoms with Crippen LogP contribution in [0, 0.1) is 5.92 Å². The van der Waals surface area contributed by atoms with E-state index >= 15 is 0 Å². The number of rotatable bonds is 5. The molecule has 0 aliphatic carbocycles. The molecule has 98 valence electrons. The van der Waals surface area contributed by atoms with E-state index in [1.54, 1.807) is 0 Å². The van der Waals surface area contributed by atoms with Crippen molar-refractivity contribution in [3.8, 4) is 0 Å². The first-order valence-electron chi connectivity index (χ1n) is 6.61. The second-order valence-corrected chi connectivity index (χ2v) is 4.74. The SMILES string of the molecule is O=C(NCCC1CCNC1)NCc1ccccc1. The van der Waals surface area contributed by atoms with Crippen LogP contribution in [0.3, 0.4) is 0 Å². The molecule has 4 heteroatoms. The highest BCUT2D eigenvalue weighted by molar-refractivity contribution is 5.73. The highest BCUT2D eigenvalue weighted by Crippen LogP contribution is 2.10. The third kappa shape index (κ3) is 4.37. The van der Waals surface area contributed by atoms with Crippen molar-refractivity contribution < 1.29 is 4.79 Å². The van der Waals surface area contributed by atoms with Crippen molar-refractivity contribution >= 4 is 6.03 Å². The normalized spacial score (nSPS) is 18.6. The number of urea groups is 1. The highest BCUT2D eigenvalue weighted by Gasteiger charge is 2.13. The van der Waals surface area contributed by atoms with Crippen LogP contribution in [-0.4, -0.2) is 25.7 Å². The molecule has 1 aliphatic rings. The quantitative estimate of drug-likeness (QED) is 0.738. The van der Waals surface area contributed by atoms with E-state index in [0.29, 0.717) is 6.54 Å². The van der Waals surface area contributed by atoms with E-state index in [-0.39, 0.29) is 6.03 Å². The van der Waals surface area contributed by atoms with Gasteiger partial charge in [-0.05, 0) is 37.4 Å². The minimum atomic E-state index is -0.0789. The van der Waals surface area contributed by atoms with Crippen LogP contribution in [0.4, 0.5) is 4.79 Å². The molecule has 1 atom stereocenters. The molecule has 3 N–H and O–H groups in total. The molecule has 4 nitrogen and oxygen atoms in total. The van der Waals surface area contributed by atoms with Crippen LogP contribution in [-0.2, 0) is 6.54 Å². The average molecular weight is 247 g/mol. The van der Waals surface area contributed by atoms with Crippen molar-refractivity contribution in [3.05, 3.63) is 35.9 Å². The molecule has 1 aliphatic heterocycles. The Balaban J connectivity index is 1.57. The van der Waals surface area contributed by atoms with Crippen molar-refractivity contribution in [1.82, 2.24) is 16.0 Å². The molecular weight excluding hydrogens is 226 g/mol. The fourth-order valence-corrected chi connectivity index (χ4v) is 2.19. The lowest BCUT2D eigenvalue weighted by atomic mass is 10.1. The monoisotopic (exact) mass is 247 g/mol. The molecule has 2 amide bonds. The third-order valence-corrected chi connectivity index (χ3v) is 3.30. The highest BCUT2D eigenvalue weighted by atomic mass is 16.2. The summed E-state index contributed by atoms with van der Waals surface area (Å²) in [5.74, 6) is 0.722. The number of benzene rings is 1. The molecule has 18 heavy (non-hydrogen) atoms. The number of carbonyl (C=O) groups is 1. The Labute approximate surface area is 108 Å². The Kier molecular flexibility index (Phi) is 5.02. The Bertz CT molecular complexity index is 361. The van der Waals surface area contributed by atoms with Gasteiger partial charge in [0.25, 0.3) is 0 Å². The molecule has 1 aromatic rings. The summed E-state index contributed by atoms with van der Waals surface area (Å²) in [5, 5.41) is 9.09. The van der Waals surface area contributed by atoms with Crippen LogP contribution in [0.2, 0.25) is 0 Å². The summed E-state index contributed by atoms with van der Waals surface area (Å²) in [5.41, 5.74) is 1.12. The predicted molar refractivity (Wildman–Crippen MR) is 72.3 cm³/mol. The van der Waals surface area contributed by atoms with E-state index in [9.17, 15) is 4.79 Å². The van der Waals surface area contributed by atoms with Gasteiger partial charge >= 0.3 is 6.03 Å². The Morgan fingerprint density at radius 3 is 2.83 bits per heavy atom. The van der Waals surface area contributed by atoms with Crippen molar-refractivity contribution in [2.24, 2.45) is 5.92 Å². The second kappa shape index (κ2) is 7.01. The maximum Gasteiger partial charge on any atom is 0.315 e. The molecule has 0 aromatic heterocycles. The van der Waals surface area contributed by atoms with Crippen molar-refractivity contribution in [3.63, 3.8) is 0 Å². The van der Waals surface area contributed by atoms with Crippen LogP contribution in [0.15, 0.2) is 30.3 Å². The zero-order valence-corrected chi connectivity index (χ0v) is 10.6. The van der Waals surface area contributed by atoms with Gasteiger partial charge in [-0.2, -0.15) is 0 Å². The average Bonchev–Trinajstić information content (AvgIpc) is 2.91. The van der Waals surface area contributed by atoms with Gasteiger partial charge in [0.05, 0.1) is 0 Å². The van der Waals surface area contributed by atoms with E-state index in [0.717, 1.165) is 37.5 Å². The van der Waals surface area contributed by atoms with Crippen LogP contribution >= 0.6 is 0 Å². The fraction of sp³-hybridized carbons (Fsp3) is 0.500. The summed E-state index contributed by atoms with van der Waals surface area (Å²) < 4.78 is 0. The third-order valence-electron chi connectivity index (χ3n) is 3.30. The molecule has 1 unspecified atom stereocenters. The molecule has 0 saturated carbocycles. The lowest BCUT2D eigenvalue weighted by Crippen LogP contribution is -2.36. The fourth-order valence-electron chi connectivity index (χ4n) is 2.19. The molecule has 1 aromatic carbocycles. The summed E-state index contributed by atoms with van der Waals surface area (Å²) in [6, 6.07) is 9.85. The Morgan fingerprint density at radius 1 is 1.28 bits per heavy atom. The molecule has 1 heterocycles. The van der Waals surface area contributed by atoms with Crippen LogP contribution in [0.25, 0.3) is 0 Å². The van der Waals surface area contributed by atoms with Gasteiger partial charge < -0.3 is 16.0 Å². The van der Waals surface area contributed by atoms with Gasteiger partial charge in [0.15, 0.2) is 0 Å². The molecule has 0 bridgehead atoms. The predicted octanol–water partition coefficient (Wildman–Crippen LogP) is 1.49. The van der Waals surface area contributed by atoms with Crippen molar-refractivity contribution in [2.45, 2.75) is 19.4 Å². The maximum atomic E-state index is 11.6. The number of hydrogen-bond acceptors (Lipinski definition) is 2. The molecule has 0 radical (unpaired) electrons.